The number of hydrogen-bond donors (Lipinski definition) is 2. The van der Waals surface area contributed by atoms with E-state index in [0.717, 1.165) is 45.2 Å². The molecular formula is C22H34N4O. The van der Waals surface area contributed by atoms with Gasteiger partial charge in [-0.15, -0.1) is 0 Å². The Morgan fingerprint density at radius 1 is 1.11 bits per heavy atom. The summed E-state index contributed by atoms with van der Waals surface area (Å²) in [4.78, 5) is 6.76. The molecule has 0 spiro atoms. The van der Waals surface area contributed by atoms with Gasteiger partial charge in [0.25, 0.3) is 0 Å². The summed E-state index contributed by atoms with van der Waals surface area (Å²) in [6.07, 6.45) is 10.8. The SMILES string of the molecule is CN=C(NCc1ccc(N2CC=CC2)cc1)NCC1(CCOC)CCCC1. The highest BCUT2D eigenvalue weighted by Crippen LogP contribution is 2.40. The number of rotatable bonds is 8. The molecule has 0 amide bonds. The third kappa shape index (κ3) is 5.48. The van der Waals surface area contributed by atoms with Crippen molar-refractivity contribution in [2.45, 2.75) is 38.6 Å². The van der Waals surface area contributed by atoms with Crippen LogP contribution in [0, 0.1) is 5.41 Å². The maximum Gasteiger partial charge on any atom is 0.191 e. The predicted molar refractivity (Wildman–Crippen MR) is 113 cm³/mol. The maximum absolute atomic E-state index is 5.33. The third-order valence-corrected chi connectivity index (χ3v) is 5.93. The Morgan fingerprint density at radius 3 is 2.44 bits per heavy atom. The molecular weight excluding hydrogens is 336 g/mol. The minimum atomic E-state index is 0.360. The lowest BCUT2D eigenvalue weighted by molar-refractivity contribution is 0.138. The van der Waals surface area contributed by atoms with E-state index in [1.807, 2.05) is 7.05 Å². The molecule has 1 aliphatic heterocycles. The number of ether oxygens (including phenoxy) is 1. The first kappa shape index (κ1) is 19.7. The Hall–Kier alpha value is -2.01. The number of nitrogens with zero attached hydrogens (tertiary/aromatic N) is 2. The maximum atomic E-state index is 5.33. The topological polar surface area (TPSA) is 48.9 Å². The predicted octanol–water partition coefficient (Wildman–Crippen LogP) is 3.32. The average Bonchev–Trinajstić information content (AvgIpc) is 3.40. The summed E-state index contributed by atoms with van der Waals surface area (Å²) in [7, 11) is 3.64. The van der Waals surface area contributed by atoms with Gasteiger partial charge in [-0.1, -0.05) is 37.1 Å². The summed E-state index contributed by atoms with van der Waals surface area (Å²) in [5.74, 6) is 0.881. The van der Waals surface area contributed by atoms with Crippen LogP contribution in [0.4, 0.5) is 5.69 Å². The van der Waals surface area contributed by atoms with Crippen molar-refractivity contribution >= 4 is 11.6 Å². The smallest absolute Gasteiger partial charge is 0.191 e. The molecule has 0 bridgehead atoms. The van der Waals surface area contributed by atoms with E-state index in [1.54, 1.807) is 7.11 Å². The van der Waals surface area contributed by atoms with Gasteiger partial charge in [0, 0.05) is 52.6 Å². The number of benzene rings is 1. The lowest BCUT2D eigenvalue weighted by Crippen LogP contribution is -2.43. The van der Waals surface area contributed by atoms with E-state index in [-0.39, 0.29) is 0 Å². The van der Waals surface area contributed by atoms with E-state index < -0.39 is 0 Å². The molecule has 0 saturated heterocycles. The lowest BCUT2D eigenvalue weighted by Gasteiger charge is -2.30. The zero-order valence-electron chi connectivity index (χ0n) is 16.8. The molecule has 0 atom stereocenters. The van der Waals surface area contributed by atoms with Gasteiger partial charge in [0.1, 0.15) is 0 Å². The number of methoxy groups -OCH3 is 1. The van der Waals surface area contributed by atoms with Crippen LogP contribution >= 0.6 is 0 Å². The summed E-state index contributed by atoms with van der Waals surface area (Å²) in [6, 6.07) is 8.81. The first-order valence-corrected chi connectivity index (χ1v) is 10.2. The molecule has 5 nitrogen and oxygen atoms in total. The first-order chi connectivity index (χ1) is 13.2. The van der Waals surface area contributed by atoms with Gasteiger partial charge >= 0.3 is 0 Å². The normalized spacial score (nSPS) is 18.9. The number of aliphatic imine (C=N–C) groups is 1. The zero-order chi connectivity index (χ0) is 19.0. The molecule has 0 unspecified atom stereocenters. The lowest BCUT2D eigenvalue weighted by atomic mass is 9.83. The third-order valence-electron chi connectivity index (χ3n) is 5.93. The second kappa shape index (κ2) is 9.79. The van der Waals surface area contributed by atoms with Crippen LogP contribution in [0.15, 0.2) is 41.4 Å². The van der Waals surface area contributed by atoms with Gasteiger partial charge in [0.15, 0.2) is 5.96 Å². The van der Waals surface area contributed by atoms with Crippen molar-refractivity contribution in [3.05, 3.63) is 42.0 Å². The summed E-state index contributed by atoms with van der Waals surface area (Å²) >= 11 is 0. The molecule has 5 heteroatoms. The van der Waals surface area contributed by atoms with Gasteiger partial charge in [-0.2, -0.15) is 0 Å². The van der Waals surface area contributed by atoms with Gasteiger partial charge in [-0.05, 0) is 42.4 Å². The second-order valence-electron chi connectivity index (χ2n) is 7.77. The van der Waals surface area contributed by atoms with Crippen LogP contribution in [0.3, 0.4) is 0 Å². The van der Waals surface area contributed by atoms with Gasteiger partial charge in [0.2, 0.25) is 0 Å². The Labute approximate surface area is 163 Å². The Morgan fingerprint density at radius 2 is 1.81 bits per heavy atom. The van der Waals surface area contributed by atoms with Crippen molar-refractivity contribution in [3.63, 3.8) is 0 Å². The van der Waals surface area contributed by atoms with E-state index in [0.29, 0.717) is 5.41 Å². The van der Waals surface area contributed by atoms with Crippen LogP contribution in [0.25, 0.3) is 0 Å². The molecule has 1 saturated carbocycles. The molecule has 0 radical (unpaired) electrons. The fourth-order valence-corrected chi connectivity index (χ4v) is 4.15. The molecule has 148 valence electrons. The van der Waals surface area contributed by atoms with Crippen LogP contribution in [-0.2, 0) is 11.3 Å². The van der Waals surface area contributed by atoms with E-state index in [9.17, 15) is 0 Å². The quantitative estimate of drug-likeness (QED) is 0.419. The van der Waals surface area contributed by atoms with Crippen molar-refractivity contribution in [1.29, 1.82) is 0 Å². The molecule has 1 fully saturated rings. The molecule has 2 N–H and O–H groups in total. The largest absolute Gasteiger partial charge is 0.385 e. The van der Waals surface area contributed by atoms with E-state index in [1.165, 1.54) is 36.9 Å². The number of guanidine groups is 1. The van der Waals surface area contributed by atoms with Crippen LogP contribution in [0.5, 0.6) is 0 Å². The molecule has 0 aromatic heterocycles. The molecule has 1 aromatic carbocycles. The first-order valence-electron chi connectivity index (χ1n) is 10.2. The van der Waals surface area contributed by atoms with E-state index >= 15 is 0 Å². The van der Waals surface area contributed by atoms with Crippen LogP contribution in [0.2, 0.25) is 0 Å². The van der Waals surface area contributed by atoms with Gasteiger partial charge in [-0.25, -0.2) is 0 Å². The summed E-state index contributed by atoms with van der Waals surface area (Å²) in [5.41, 5.74) is 2.91. The number of nitrogens with one attached hydrogen (secondary N) is 2. The Bertz CT molecular complexity index is 624. The highest BCUT2D eigenvalue weighted by molar-refractivity contribution is 5.79. The molecule has 1 heterocycles. The van der Waals surface area contributed by atoms with E-state index in [2.05, 4.69) is 56.9 Å². The number of anilines is 1. The van der Waals surface area contributed by atoms with Crippen molar-refractivity contribution in [1.82, 2.24) is 10.6 Å². The van der Waals surface area contributed by atoms with Crippen molar-refractivity contribution in [3.8, 4) is 0 Å². The minimum Gasteiger partial charge on any atom is -0.385 e. The standard InChI is InChI=1S/C22H34N4O/c1-23-21(25-18-22(13-16-27-2)11-3-4-12-22)24-17-19-7-9-20(10-8-19)26-14-5-6-15-26/h5-10H,3-4,11-18H2,1-2H3,(H2,23,24,25). The minimum absolute atomic E-state index is 0.360. The summed E-state index contributed by atoms with van der Waals surface area (Å²) in [6.45, 7) is 4.62. The second-order valence-corrected chi connectivity index (χ2v) is 7.77. The van der Waals surface area contributed by atoms with Crippen molar-refractivity contribution in [2.75, 3.05) is 45.3 Å². The van der Waals surface area contributed by atoms with Crippen LogP contribution in [-0.4, -0.2) is 46.4 Å². The molecule has 2 aliphatic rings. The van der Waals surface area contributed by atoms with E-state index in [4.69, 9.17) is 4.74 Å². The highest BCUT2D eigenvalue weighted by atomic mass is 16.5. The van der Waals surface area contributed by atoms with Gasteiger partial charge in [0.05, 0.1) is 0 Å². The number of hydrogen-bond acceptors (Lipinski definition) is 3. The fourth-order valence-electron chi connectivity index (χ4n) is 4.15. The average molecular weight is 371 g/mol. The fraction of sp³-hybridized carbons (Fsp3) is 0.591. The Kier molecular flexibility index (Phi) is 7.16. The summed E-state index contributed by atoms with van der Waals surface area (Å²) in [5, 5.41) is 7.01. The van der Waals surface area contributed by atoms with Crippen molar-refractivity contribution < 1.29 is 4.74 Å². The molecule has 27 heavy (non-hydrogen) atoms. The molecule has 1 aliphatic carbocycles. The molecule has 3 rings (SSSR count). The zero-order valence-corrected chi connectivity index (χ0v) is 16.8. The van der Waals surface area contributed by atoms with Crippen LogP contribution < -0.4 is 15.5 Å². The molecule has 1 aromatic rings. The van der Waals surface area contributed by atoms with Crippen molar-refractivity contribution in [2.24, 2.45) is 10.4 Å². The van der Waals surface area contributed by atoms with Crippen LogP contribution in [0.1, 0.15) is 37.7 Å². The highest BCUT2D eigenvalue weighted by Gasteiger charge is 2.33. The van der Waals surface area contributed by atoms with Gasteiger partial charge < -0.3 is 20.3 Å². The monoisotopic (exact) mass is 370 g/mol. The Balaban J connectivity index is 1.47. The summed E-state index contributed by atoms with van der Waals surface area (Å²) < 4.78 is 5.33. The van der Waals surface area contributed by atoms with Gasteiger partial charge in [-0.3, -0.25) is 4.99 Å².